The number of ketones is 1. The quantitative estimate of drug-likeness (QED) is 0.407. The molecule has 0 amide bonds. The Morgan fingerprint density at radius 3 is 3.00 bits per heavy atom. The van der Waals surface area contributed by atoms with Crippen molar-refractivity contribution in [2.24, 2.45) is 11.3 Å². The second kappa shape index (κ2) is 4.40. The maximum atomic E-state index is 11.7. The van der Waals surface area contributed by atoms with Crippen molar-refractivity contribution < 1.29 is 14.3 Å². The zero-order valence-electron chi connectivity index (χ0n) is 9.70. The van der Waals surface area contributed by atoms with Crippen LogP contribution in [0.2, 0.25) is 0 Å². The SMILES string of the molecule is COC(=O)/C=C/CCC[C@]12C[C@H]1CCC2=O. The monoisotopic (exact) mass is 222 g/mol. The van der Waals surface area contributed by atoms with Crippen LogP contribution in [-0.2, 0) is 14.3 Å². The number of ether oxygens (including phenoxy) is 1. The van der Waals surface area contributed by atoms with Gasteiger partial charge in [-0.15, -0.1) is 0 Å². The second-order valence-electron chi connectivity index (χ2n) is 4.84. The number of esters is 1. The summed E-state index contributed by atoms with van der Waals surface area (Å²) in [6.07, 6.45) is 9.17. The predicted molar refractivity (Wildman–Crippen MR) is 59.8 cm³/mol. The molecule has 2 rings (SSSR count). The van der Waals surface area contributed by atoms with Gasteiger partial charge in [-0.25, -0.2) is 4.79 Å². The molecular formula is C13H18O3. The molecule has 0 spiro atoms. The standard InChI is InChI=1S/C13H18O3/c1-16-12(15)5-3-2-4-8-13-9-10(13)6-7-11(13)14/h3,5,10H,2,4,6-9H2,1H3/b5-3+/t10-,13+/m1/s1. The third-order valence-electron chi connectivity index (χ3n) is 3.96. The van der Waals surface area contributed by atoms with Crippen molar-refractivity contribution in [1.82, 2.24) is 0 Å². The zero-order chi connectivity index (χ0) is 11.6. The normalized spacial score (nSPS) is 31.8. The fourth-order valence-corrected chi connectivity index (χ4v) is 2.88. The molecule has 0 N–H and O–H groups in total. The number of Topliss-reactive ketones (excluding diaryl/α,β-unsaturated/α-hetero) is 1. The summed E-state index contributed by atoms with van der Waals surface area (Å²) in [6.45, 7) is 0. The van der Waals surface area contributed by atoms with Crippen LogP contribution in [0.3, 0.4) is 0 Å². The van der Waals surface area contributed by atoms with E-state index in [9.17, 15) is 9.59 Å². The van der Waals surface area contributed by atoms with Crippen molar-refractivity contribution in [3.63, 3.8) is 0 Å². The first-order valence-electron chi connectivity index (χ1n) is 5.97. The van der Waals surface area contributed by atoms with E-state index in [-0.39, 0.29) is 11.4 Å². The average molecular weight is 222 g/mol. The van der Waals surface area contributed by atoms with Crippen molar-refractivity contribution in [3.8, 4) is 0 Å². The van der Waals surface area contributed by atoms with E-state index in [1.54, 1.807) is 0 Å². The summed E-state index contributed by atoms with van der Waals surface area (Å²) in [4.78, 5) is 22.5. The van der Waals surface area contributed by atoms with Crippen molar-refractivity contribution in [2.75, 3.05) is 7.11 Å². The molecule has 0 aliphatic heterocycles. The van der Waals surface area contributed by atoms with Crippen LogP contribution in [0, 0.1) is 11.3 Å². The minimum absolute atomic E-state index is 0.0686. The highest BCUT2D eigenvalue weighted by molar-refractivity contribution is 5.90. The molecular weight excluding hydrogens is 204 g/mol. The Balaban J connectivity index is 1.68. The topological polar surface area (TPSA) is 43.4 Å². The summed E-state index contributed by atoms with van der Waals surface area (Å²) in [7, 11) is 1.37. The van der Waals surface area contributed by atoms with Crippen LogP contribution in [0.1, 0.15) is 38.5 Å². The molecule has 3 nitrogen and oxygen atoms in total. The number of methoxy groups -OCH3 is 1. The van der Waals surface area contributed by atoms with E-state index >= 15 is 0 Å². The van der Waals surface area contributed by atoms with E-state index < -0.39 is 0 Å². The van der Waals surface area contributed by atoms with E-state index in [1.165, 1.54) is 13.2 Å². The van der Waals surface area contributed by atoms with Gasteiger partial charge in [0.25, 0.3) is 0 Å². The van der Waals surface area contributed by atoms with E-state index in [0.717, 1.165) is 38.5 Å². The first kappa shape index (κ1) is 11.4. The number of fused-ring (bicyclic) bond motifs is 1. The molecule has 0 aromatic rings. The van der Waals surface area contributed by atoms with Crippen LogP contribution in [0.5, 0.6) is 0 Å². The summed E-state index contributed by atoms with van der Waals surface area (Å²) in [6, 6.07) is 0. The van der Waals surface area contributed by atoms with Gasteiger partial charge in [-0.3, -0.25) is 4.79 Å². The van der Waals surface area contributed by atoms with E-state index in [2.05, 4.69) is 4.74 Å². The van der Waals surface area contributed by atoms with E-state index in [0.29, 0.717) is 11.7 Å². The largest absolute Gasteiger partial charge is 0.466 e. The van der Waals surface area contributed by atoms with Crippen molar-refractivity contribution in [3.05, 3.63) is 12.2 Å². The van der Waals surface area contributed by atoms with Gasteiger partial charge in [0, 0.05) is 17.9 Å². The van der Waals surface area contributed by atoms with Gasteiger partial charge in [0.2, 0.25) is 0 Å². The second-order valence-corrected chi connectivity index (χ2v) is 4.84. The van der Waals surface area contributed by atoms with Crippen LogP contribution < -0.4 is 0 Å². The highest BCUT2D eigenvalue weighted by Gasteiger charge is 2.61. The molecule has 2 atom stereocenters. The van der Waals surface area contributed by atoms with E-state index in [1.807, 2.05) is 6.08 Å². The third-order valence-corrected chi connectivity index (χ3v) is 3.96. The van der Waals surface area contributed by atoms with Crippen LogP contribution in [0.4, 0.5) is 0 Å². The molecule has 0 radical (unpaired) electrons. The molecule has 0 aromatic carbocycles. The lowest BCUT2D eigenvalue weighted by Crippen LogP contribution is -2.11. The third kappa shape index (κ3) is 2.04. The van der Waals surface area contributed by atoms with Crippen LogP contribution in [0.15, 0.2) is 12.2 Å². The van der Waals surface area contributed by atoms with Gasteiger partial charge in [0.1, 0.15) is 5.78 Å². The molecule has 2 aliphatic carbocycles. The summed E-state index contributed by atoms with van der Waals surface area (Å²) in [5.41, 5.74) is 0.0686. The number of hydrogen-bond acceptors (Lipinski definition) is 3. The number of allylic oxidation sites excluding steroid dienone is 1. The van der Waals surface area contributed by atoms with Gasteiger partial charge in [-0.2, -0.15) is 0 Å². The smallest absolute Gasteiger partial charge is 0.330 e. The van der Waals surface area contributed by atoms with Crippen LogP contribution >= 0.6 is 0 Å². The number of rotatable bonds is 5. The zero-order valence-corrected chi connectivity index (χ0v) is 9.70. The molecule has 0 saturated heterocycles. The highest BCUT2D eigenvalue weighted by atomic mass is 16.5. The lowest BCUT2D eigenvalue weighted by atomic mass is 9.95. The molecule has 0 bridgehead atoms. The number of hydrogen-bond donors (Lipinski definition) is 0. The molecule has 3 heteroatoms. The average Bonchev–Trinajstić information content (AvgIpc) is 2.92. The first-order chi connectivity index (χ1) is 7.69. The molecule has 88 valence electrons. The summed E-state index contributed by atoms with van der Waals surface area (Å²) in [5.74, 6) is 0.860. The van der Waals surface area contributed by atoms with Crippen molar-refractivity contribution in [1.29, 1.82) is 0 Å². The molecule has 2 aliphatic rings. The Labute approximate surface area is 95.9 Å². The number of unbranched alkanes of at least 4 members (excludes halogenated alkanes) is 1. The minimum Gasteiger partial charge on any atom is -0.466 e. The Hall–Kier alpha value is -1.12. The highest BCUT2D eigenvalue weighted by Crippen LogP contribution is 2.63. The Kier molecular flexibility index (Phi) is 3.13. The van der Waals surface area contributed by atoms with Crippen molar-refractivity contribution >= 4 is 11.8 Å². The Morgan fingerprint density at radius 1 is 1.62 bits per heavy atom. The molecule has 0 heterocycles. The van der Waals surface area contributed by atoms with Gasteiger partial charge in [-0.1, -0.05) is 6.08 Å². The van der Waals surface area contributed by atoms with Gasteiger partial charge in [0.15, 0.2) is 0 Å². The summed E-state index contributed by atoms with van der Waals surface area (Å²) in [5, 5.41) is 0. The lowest BCUT2D eigenvalue weighted by Gasteiger charge is -2.08. The summed E-state index contributed by atoms with van der Waals surface area (Å²) < 4.78 is 4.50. The number of carbonyl (C=O) groups is 2. The molecule has 0 aromatic heterocycles. The molecule has 2 saturated carbocycles. The molecule has 16 heavy (non-hydrogen) atoms. The Morgan fingerprint density at radius 2 is 2.44 bits per heavy atom. The minimum atomic E-state index is -0.306. The predicted octanol–water partition coefficient (Wildman–Crippen LogP) is 2.26. The number of carbonyl (C=O) groups excluding carboxylic acids is 2. The lowest BCUT2D eigenvalue weighted by molar-refractivity contribution is -0.134. The van der Waals surface area contributed by atoms with Crippen molar-refractivity contribution in [2.45, 2.75) is 38.5 Å². The van der Waals surface area contributed by atoms with Gasteiger partial charge < -0.3 is 4.74 Å². The van der Waals surface area contributed by atoms with E-state index in [4.69, 9.17) is 0 Å². The fraction of sp³-hybridized carbons (Fsp3) is 0.692. The van der Waals surface area contributed by atoms with Gasteiger partial charge in [0.05, 0.1) is 7.11 Å². The first-order valence-corrected chi connectivity index (χ1v) is 5.97. The maximum Gasteiger partial charge on any atom is 0.330 e. The molecule has 0 unspecified atom stereocenters. The van der Waals surface area contributed by atoms with Gasteiger partial charge in [-0.05, 0) is 38.0 Å². The van der Waals surface area contributed by atoms with Crippen LogP contribution in [0.25, 0.3) is 0 Å². The summed E-state index contributed by atoms with van der Waals surface area (Å²) >= 11 is 0. The molecule has 2 fully saturated rings. The van der Waals surface area contributed by atoms with Gasteiger partial charge >= 0.3 is 5.97 Å². The van der Waals surface area contributed by atoms with Crippen LogP contribution in [-0.4, -0.2) is 18.9 Å². The Bertz CT molecular complexity index is 332. The maximum absolute atomic E-state index is 11.7. The fourth-order valence-electron chi connectivity index (χ4n) is 2.88.